The van der Waals surface area contributed by atoms with Crippen LogP contribution >= 0.6 is 11.6 Å². The van der Waals surface area contributed by atoms with Crippen LogP contribution in [-0.4, -0.2) is 48.7 Å². The van der Waals surface area contributed by atoms with E-state index >= 15 is 0 Å². The van der Waals surface area contributed by atoms with Crippen molar-refractivity contribution in [1.29, 1.82) is 0 Å². The third kappa shape index (κ3) is 6.06. The zero-order valence-electron chi connectivity index (χ0n) is 14.4. The van der Waals surface area contributed by atoms with Crippen LogP contribution in [-0.2, 0) is 16.1 Å². The Bertz CT molecular complexity index is 731. The minimum Gasteiger partial charge on any atom is -0.492 e. The molecule has 1 N–H and O–H groups in total. The number of likely N-dealkylation sites (N-methyl/N-ethyl adjacent to an activating group) is 1. The quantitative estimate of drug-likeness (QED) is 0.715. The maximum absolute atomic E-state index is 12.0. The number of amides is 1. The summed E-state index contributed by atoms with van der Waals surface area (Å²) in [6, 6.07) is 13.3. The maximum atomic E-state index is 12.0. The molecule has 0 unspecified atom stereocenters. The molecule has 0 saturated heterocycles. The van der Waals surface area contributed by atoms with E-state index in [0.29, 0.717) is 35.1 Å². The summed E-state index contributed by atoms with van der Waals surface area (Å²) >= 11 is 5.80. The lowest BCUT2D eigenvalue weighted by Crippen LogP contribution is -2.34. The highest BCUT2D eigenvalue weighted by Gasteiger charge is 2.13. The minimum atomic E-state index is -0.589. The number of halogens is 1. The Morgan fingerprint density at radius 3 is 2.35 bits per heavy atom. The Morgan fingerprint density at radius 1 is 1.08 bits per heavy atom. The number of aliphatic hydroxyl groups excluding tert-OH is 1. The summed E-state index contributed by atoms with van der Waals surface area (Å²) in [5, 5.41) is 9.60. The molecule has 7 heteroatoms. The molecule has 2 rings (SSSR count). The van der Waals surface area contributed by atoms with Crippen LogP contribution in [0, 0.1) is 0 Å². The lowest BCUT2D eigenvalue weighted by atomic mass is 10.1. The largest absolute Gasteiger partial charge is 0.492 e. The van der Waals surface area contributed by atoms with Crippen LogP contribution in [0.2, 0.25) is 5.02 Å². The van der Waals surface area contributed by atoms with Gasteiger partial charge in [-0.05, 0) is 42.0 Å². The van der Waals surface area contributed by atoms with E-state index in [4.69, 9.17) is 26.2 Å². The number of aliphatic hydroxyl groups is 1. The normalized spacial score (nSPS) is 10.3. The minimum absolute atomic E-state index is 0.100. The molecule has 0 radical (unpaired) electrons. The zero-order valence-corrected chi connectivity index (χ0v) is 15.1. The number of benzene rings is 2. The lowest BCUT2D eigenvalue weighted by molar-refractivity contribution is -0.133. The molecule has 0 aromatic heterocycles. The first-order valence-corrected chi connectivity index (χ1v) is 8.36. The topological polar surface area (TPSA) is 76.1 Å². The summed E-state index contributed by atoms with van der Waals surface area (Å²) in [4.78, 5) is 25.3. The summed E-state index contributed by atoms with van der Waals surface area (Å²) in [6.45, 7) is 0.208. The van der Waals surface area contributed by atoms with Gasteiger partial charge < -0.3 is 19.5 Å². The van der Waals surface area contributed by atoms with Crippen LogP contribution < -0.4 is 4.74 Å². The fourth-order valence-corrected chi connectivity index (χ4v) is 2.15. The fourth-order valence-electron chi connectivity index (χ4n) is 2.02. The second-order valence-corrected chi connectivity index (χ2v) is 5.99. The van der Waals surface area contributed by atoms with Gasteiger partial charge in [0, 0.05) is 12.1 Å². The van der Waals surface area contributed by atoms with Gasteiger partial charge >= 0.3 is 5.97 Å². The van der Waals surface area contributed by atoms with Gasteiger partial charge in [-0.1, -0.05) is 23.7 Å². The van der Waals surface area contributed by atoms with Crippen molar-refractivity contribution in [2.45, 2.75) is 6.61 Å². The highest BCUT2D eigenvalue weighted by molar-refractivity contribution is 6.30. The Labute approximate surface area is 156 Å². The molecule has 26 heavy (non-hydrogen) atoms. The number of nitrogens with zero attached hydrogens (tertiary/aromatic N) is 1. The molecule has 0 spiro atoms. The van der Waals surface area contributed by atoms with Crippen LogP contribution in [0.15, 0.2) is 48.5 Å². The van der Waals surface area contributed by atoms with E-state index in [1.165, 1.54) is 4.90 Å². The maximum Gasteiger partial charge on any atom is 0.338 e. The molecule has 0 heterocycles. The van der Waals surface area contributed by atoms with Crippen molar-refractivity contribution in [1.82, 2.24) is 4.90 Å². The van der Waals surface area contributed by atoms with Gasteiger partial charge in [0.25, 0.3) is 5.91 Å². The predicted molar refractivity (Wildman–Crippen MR) is 97.2 cm³/mol. The Morgan fingerprint density at radius 2 is 1.73 bits per heavy atom. The van der Waals surface area contributed by atoms with Crippen molar-refractivity contribution in [2.75, 3.05) is 26.8 Å². The first-order chi connectivity index (χ1) is 12.5. The third-order valence-electron chi connectivity index (χ3n) is 3.63. The Kier molecular flexibility index (Phi) is 7.44. The number of ether oxygens (including phenoxy) is 2. The molecule has 0 aliphatic rings. The summed E-state index contributed by atoms with van der Waals surface area (Å²) < 4.78 is 10.5. The van der Waals surface area contributed by atoms with Gasteiger partial charge in [-0.2, -0.15) is 0 Å². The first-order valence-electron chi connectivity index (χ1n) is 7.99. The molecule has 0 aliphatic heterocycles. The fraction of sp³-hybridized carbons (Fsp3) is 0.263. The van der Waals surface area contributed by atoms with E-state index in [-0.39, 0.29) is 19.1 Å². The molecule has 0 bridgehead atoms. The standard InChI is InChI=1S/C19H20ClNO5/c1-21(10-11-25-17-8-6-16(20)7-9-17)18(23)13-26-19(24)15-4-2-14(12-22)3-5-15/h2-9,22H,10-13H2,1H3. The van der Waals surface area contributed by atoms with Crippen molar-refractivity contribution in [3.63, 3.8) is 0 Å². The van der Waals surface area contributed by atoms with E-state index in [2.05, 4.69) is 0 Å². The zero-order chi connectivity index (χ0) is 18.9. The Hall–Kier alpha value is -2.57. The van der Waals surface area contributed by atoms with E-state index in [9.17, 15) is 9.59 Å². The smallest absolute Gasteiger partial charge is 0.338 e. The van der Waals surface area contributed by atoms with Gasteiger partial charge in [-0.25, -0.2) is 4.79 Å². The van der Waals surface area contributed by atoms with Crippen LogP contribution in [0.3, 0.4) is 0 Å². The van der Waals surface area contributed by atoms with Crippen LogP contribution in [0.5, 0.6) is 5.75 Å². The lowest BCUT2D eigenvalue weighted by Gasteiger charge is -2.17. The molecule has 0 saturated carbocycles. The molecule has 138 valence electrons. The van der Waals surface area contributed by atoms with Gasteiger partial charge in [0.15, 0.2) is 6.61 Å². The van der Waals surface area contributed by atoms with E-state index in [1.54, 1.807) is 55.6 Å². The average molecular weight is 378 g/mol. The van der Waals surface area contributed by atoms with Crippen LogP contribution in [0.1, 0.15) is 15.9 Å². The van der Waals surface area contributed by atoms with Crippen molar-refractivity contribution >= 4 is 23.5 Å². The monoisotopic (exact) mass is 377 g/mol. The average Bonchev–Trinajstić information content (AvgIpc) is 2.67. The SMILES string of the molecule is CN(CCOc1ccc(Cl)cc1)C(=O)COC(=O)c1ccc(CO)cc1. The van der Waals surface area contributed by atoms with Crippen molar-refractivity contribution in [3.8, 4) is 5.75 Å². The van der Waals surface area contributed by atoms with E-state index < -0.39 is 5.97 Å². The summed E-state index contributed by atoms with van der Waals surface area (Å²) in [5.41, 5.74) is 1.02. The number of carbonyl (C=O) groups is 2. The molecule has 1 amide bonds. The van der Waals surface area contributed by atoms with Crippen molar-refractivity contribution in [2.24, 2.45) is 0 Å². The molecule has 6 nitrogen and oxygen atoms in total. The first kappa shape index (κ1) is 19.8. The number of esters is 1. The second-order valence-electron chi connectivity index (χ2n) is 5.55. The van der Waals surface area contributed by atoms with E-state index in [0.717, 1.165) is 0 Å². The third-order valence-corrected chi connectivity index (χ3v) is 3.89. The molecule has 0 atom stereocenters. The summed E-state index contributed by atoms with van der Waals surface area (Å²) in [5.74, 6) is -0.258. The highest BCUT2D eigenvalue weighted by atomic mass is 35.5. The number of carbonyl (C=O) groups excluding carboxylic acids is 2. The molecule has 0 aliphatic carbocycles. The molecular formula is C19H20ClNO5. The number of rotatable bonds is 8. The highest BCUT2D eigenvalue weighted by Crippen LogP contribution is 2.15. The van der Waals surface area contributed by atoms with Gasteiger partial charge in [0.2, 0.25) is 0 Å². The summed E-state index contributed by atoms with van der Waals surface area (Å²) in [7, 11) is 1.61. The van der Waals surface area contributed by atoms with Gasteiger partial charge in [0.1, 0.15) is 12.4 Å². The van der Waals surface area contributed by atoms with Crippen molar-refractivity contribution < 1.29 is 24.2 Å². The van der Waals surface area contributed by atoms with Gasteiger partial charge in [-0.3, -0.25) is 4.79 Å². The molecular weight excluding hydrogens is 358 g/mol. The molecule has 0 fully saturated rings. The molecule has 2 aromatic carbocycles. The van der Waals surface area contributed by atoms with Gasteiger partial charge in [0.05, 0.1) is 18.7 Å². The summed E-state index contributed by atoms with van der Waals surface area (Å²) in [6.07, 6.45) is 0. The Balaban J connectivity index is 1.72. The van der Waals surface area contributed by atoms with Gasteiger partial charge in [-0.15, -0.1) is 0 Å². The van der Waals surface area contributed by atoms with E-state index in [1.807, 2.05) is 0 Å². The second kappa shape index (κ2) is 9.79. The number of hydrogen-bond acceptors (Lipinski definition) is 5. The van der Waals surface area contributed by atoms with Crippen molar-refractivity contribution in [3.05, 3.63) is 64.7 Å². The van der Waals surface area contributed by atoms with Crippen LogP contribution in [0.4, 0.5) is 0 Å². The predicted octanol–water partition coefficient (Wildman–Crippen LogP) is 2.53. The number of hydrogen-bond donors (Lipinski definition) is 1. The molecule has 2 aromatic rings. The van der Waals surface area contributed by atoms with Crippen LogP contribution in [0.25, 0.3) is 0 Å².